The quantitative estimate of drug-likeness (QED) is 0.783. The number of carbonyl (C=O) groups is 1. The van der Waals surface area contributed by atoms with Crippen LogP contribution < -0.4 is 10.1 Å². The number of amides is 1. The molecular weight excluding hydrogens is 329 g/mol. The smallest absolute Gasteiger partial charge is 0.235 e. The summed E-state index contributed by atoms with van der Waals surface area (Å²) in [6, 6.07) is 12.1. The van der Waals surface area contributed by atoms with Crippen molar-refractivity contribution in [1.82, 2.24) is 0 Å². The van der Waals surface area contributed by atoms with Crippen LogP contribution in [0.1, 0.15) is 50.2 Å². The molecule has 1 amide bonds. The summed E-state index contributed by atoms with van der Waals surface area (Å²) in [5, 5.41) is 3.09. The van der Waals surface area contributed by atoms with E-state index in [1.165, 1.54) is 12.1 Å². The number of carbonyl (C=O) groups excluding carboxylic acids is 1. The normalized spacial score (nSPS) is 16.1. The largest absolute Gasteiger partial charge is 0.494 e. The molecule has 1 aliphatic rings. The van der Waals surface area contributed by atoms with Crippen molar-refractivity contribution in [1.29, 1.82) is 0 Å². The number of halogens is 1. The molecule has 0 unspecified atom stereocenters. The summed E-state index contributed by atoms with van der Waals surface area (Å²) >= 11 is 0. The standard InChI is InChI=1S/C22H26FNO2/c1-3-26-20-12-11-19(15-16(20)2)24-21(25)22(13-5-4-6-14-22)17-7-9-18(23)10-8-17/h7-12,15H,3-6,13-14H2,1-2H3,(H,24,25). The van der Waals surface area contributed by atoms with Crippen molar-refractivity contribution in [2.75, 3.05) is 11.9 Å². The van der Waals surface area contributed by atoms with E-state index in [-0.39, 0.29) is 11.7 Å². The van der Waals surface area contributed by atoms with Crippen molar-refractivity contribution in [3.63, 3.8) is 0 Å². The van der Waals surface area contributed by atoms with Crippen LogP contribution in [-0.4, -0.2) is 12.5 Å². The summed E-state index contributed by atoms with van der Waals surface area (Å²) in [6.45, 7) is 4.53. The van der Waals surface area contributed by atoms with Gasteiger partial charge in [0.25, 0.3) is 0 Å². The van der Waals surface area contributed by atoms with Crippen LogP contribution in [0, 0.1) is 12.7 Å². The Bertz CT molecular complexity index is 764. The minimum absolute atomic E-state index is 0.00707. The summed E-state index contributed by atoms with van der Waals surface area (Å²) in [6.07, 6.45) is 4.74. The van der Waals surface area contributed by atoms with Crippen LogP contribution in [0.5, 0.6) is 5.75 Å². The van der Waals surface area contributed by atoms with E-state index >= 15 is 0 Å². The second kappa shape index (κ2) is 7.90. The second-order valence-electron chi connectivity index (χ2n) is 7.02. The number of aryl methyl sites for hydroxylation is 1. The van der Waals surface area contributed by atoms with Gasteiger partial charge in [0.15, 0.2) is 0 Å². The number of rotatable bonds is 5. The molecule has 4 heteroatoms. The number of hydrogen-bond donors (Lipinski definition) is 1. The third-order valence-corrected chi connectivity index (χ3v) is 5.27. The summed E-state index contributed by atoms with van der Waals surface area (Å²) in [5.74, 6) is 0.547. The minimum Gasteiger partial charge on any atom is -0.494 e. The Hall–Kier alpha value is -2.36. The van der Waals surface area contributed by atoms with E-state index in [2.05, 4.69) is 5.32 Å². The zero-order valence-corrected chi connectivity index (χ0v) is 15.5. The predicted molar refractivity (Wildman–Crippen MR) is 102 cm³/mol. The first-order valence-corrected chi connectivity index (χ1v) is 9.36. The van der Waals surface area contributed by atoms with E-state index in [0.717, 1.165) is 54.7 Å². The van der Waals surface area contributed by atoms with Crippen molar-refractivity contribution in [3.05, 3.63) is 59.4 Å². The number of nitrogens with one attached hydrogen (secondary N) is 1. The van der Waals surface area contributed by atoms with Crippen LogP contribution in [-0.2, 0) is 10.2 Å². The lowest BCUT2D eigenvalue weighted by Crippen LogP contribution is -2.42. The Morgan fingerprint density at radius 2 is 1.81 bits per heavy atom. The zero-order valence-electron chi connectivity index (χ0n) is 15.5. The molecule has 0 atom stereocenters. The maximum Gasteiger partial charge on any atom is 0.235 e. The average Bonchev–Trinajstić information content (AvgIpc) is 2.65. The van der Waals surface area contributed by atoms with E-state index in [1.54, 1.807) is 12.1 Å². The minimum atomic E-state index is -0.585. The number of benzene rings is 2. The van der Waals surface area contributed by atoms with Crippen molar-refractivity contribution < 1.29 is 13.9 Å². The highest BCUT2D eigenvalue weighted by Crippen LogP contribution is 2.40. The molecule has 0 aliphatic heterocycles. The molecule has 0 spiro atoms. The molecule has 1 N–H and O–H groups in total. The zero-order chi connectivity index (χ0) is 18.6. The van der Waals surface area contributed by atoms with Gasteiger partial charge in [0.1, 0.15) is 11.6 Å². The van der Waals surface area contributed by atoms with Gasteiger partial charge in [0.05, 0.1) is 12.0 Å². The van der Waals surface area contributed by atoms with Gasteiger partial charge in [-0.3, -0.25) is 4.79 Å². The fraction of sp³-hybridized carbons (Fsp3) is 0.409. The van der Waals surface area contributed by atoms with E-state index in [9.17, 15) is 9.18 Å². The summed E-state index contributed by atoms with van der Waals surface area (Å²) in [4.78, 5) is 13.3. The molecular formula is C22H26FNO2. The summed E-state index contributed by atoms with van der Waals surface area (Å²) in [7, 11) is 0. The van der Waals surface area contributed by atoms with E-state index < -0.39 is 5.41 Å². The lowest BCUT2D eigenvalue weighted by Gasteiger charge is -2.36. The summed E-state index contributed by atoms with van der Waals surface area (Å²) in [5.41, 5.74) is 2.07. The SMILES string of the molecule is CCOc1ccc(NC(=O)C2(c3ccc(F)cc3)CCCCC2)cc1C. The number of hydrogen-bond acceptors (Lipinski definition) is 2. The van der Waals surface area contributed by atoms with E-state index in [4.69, 9.17) is 4.74 Å². The molecule has 3 rings (SSSR count). The Kier molecular flexibility index (Phi) is 5.60. The van der Waals surface area contributed by atoms with E-state index in [1.807, 2.05) is 32.0 Å². The molecule has 0 aromatic heterocycles. The van der Waals surface area contributed by atoms with Crippen molar-refractivity contribution in [2.45, 2.75) is 51.4 Å². The lowest BCUT2D eigenvalue weighted by molar-refractivity contribution is -0.122. The first-order valence-electron chi connectivity index (χ1n) is 9.36. The highest BCUT2D eigenvalue weighted by Gasteiger charge is 2.41. The molecule has 1 fully saturated rings. The molecule has 1 saturated carbocycles. The van der Waals surface area contributed by atoms with Crippen molar-refractivity contribution in [3.8, 4) is 5.75 Å². The average molecular weight is 355 g/mol. The van der Waals surface area contributed by atoms with Gasteiger partial charge in [-0.25, -0.2) is 4.39 Å². The fourth-order valence-corrected chi connectivity index (χ4v) is 3.87. The van der Waals surface area contributed by atoms with Crippen LogP contribution in [0.4, 0.5) is 10.1 Å². The molecule has 26 heavy (non-hydrogen) atoms. The maximum absolute atomic E-state index is 13.4. The monoisotopic (exact) mass is 355 g/mol. The van der Waals surface area contributed by atoms with Crippen LogP contribution in [0.2, 0.25) is 0 Å². The Morgan fingerprint density at radius 1 is 1.12 bits per heavy atom. The molecule has 2 aromatic rings. The van der Waals surface area contributed by atoms with Crippen LogP contribution in [0.15, 0.2) is 42.5 Å². The Balaban J connectivity index is 1.86. The summed E-state index contributed by atoms with van der Waals surface area (Å²) < 4.78 is 18.9. The van der Waals surface area contributed by atoms with E-state index in [0.29, 0.717) is 6.61 Å². The predicted octanol–water partition coefficient (Wildman–Crippen LogP) is 5.37. The maximum atomic E-state index is 13.4. The third-order valence-electron chi connectivity index (χ3n) is 5.27. The van der Waals surface area contributed by atoms with Gasteiger partial charge in [-0.1, -0.05) is 31.4 Å². The van der Waals surface area contributed by atoms with Gasteiger partial charge in [0, 0.05) is 5.69 Å². The molecule has 0 saturated heterocycles. The van der Waals surface area contributed by atoms with Crippen LogP contribution >= 0.6 is 0 Å². The topological polar surface area (TPSA) is 38.3 Å². The molecule has 0 bridgehead atoms. The molecule has 138 valence electrons. The first-order chi connectivity index (χ1) is 12.5. The van der Waals surface area contributed by atoms with Crippen molar-refractivity contribution >= 4 is 11.6 Å². The van der Waals surface area contributed by atoms with Gasteiger partial charge in [-0.05, 0) is 68.1 Å². The molecule has 2 aromatic carbocycles. The van der Waals surface area contributed by atoms with Gasteiger partial charge < -0.3 is 10.1 Å². The fourth-order valence-electron chi connectivity index (χ4n) is 3.87. The van der Waals surface area contributed by atoms with Gasteiger partial charge in [0.2, 0.25) is 5.91 Å². The lowest BCUT2D eigenvalue weighted by atomic mass is 9.68. The van der Waals surface area contributed by atoms with Gasteiger partial charge in [-0.15, -0.1) is 0 Å². The van der Waals surface area contributed by atoms with Crippen LogP contribution in [0.3, 0.4) is 0 Å². The molecule has 3 nitrogen and oxygen atoms in total. The Labute approximate surface area is 154 Å². The second-order valence-corrected chi connectivity index (χ2v) is 7.02. The number of anilines is 1. The highest BCUT2D eigenvalue weighted by atomic mass is 19.1. The van der Waals surface area contributed by atoms with Gasteiger partial charge in [-0.2, -0.15) is 0 Å². The van der Waals surface area contributed by atoms with Crippen molar-refractivity contribution in [2.24, 2.45) is 0 Å². The Morgan fingerprint density at radius 3 is 2.42 bits per heavy atom. The third kappa shape index (κ3) is 3.74. The van der Waals surface area contributed by atoms with Gasteiger partial charge >= 0.3 is 0 Å². The highest BCUT2D eigenvalue weighted by molar-refractivity contribution is 5.99. The molecule has 1 aliphatic carbocycles. The molecule has 0 radical (unpaired) electrons. The van der Waals surface area contributed by atoms with Crippen LogP contribution in [0.25, 0.3) is 0 Å². The molecule has 0 heterocycles. The number of ether oxygens (including phenoxy) is 1. The first kappa shape index (κ1) is 18.4.